The van der Waals surface area contributed by atoms with Crippen molar-refractivity contribution in [3.05, 3.63) is 46.8 Å². The molecule has 0 saturated heterocycles. The van der Waals surface area contributed by atoms with Gasteiger partial charge in [-0.25, -0.2) is 4.79 Å². The summed E-state index contributed by atoms with van der Waals surface area (Å²) in [6.07, 6.45) is 0. The van der Waals surface area contributed by atoms with Gasteiger partial charge in [-0.2, -0.15) is 0 Å². The number of Topliss-reactive ketones (excluding diaryl/α,β-unsaturated/α-hetero) is 1. The van der Waals surface area contributed by atoms with E-state index in [0.717, 1.165) is 4.90 Å². The van der Waals surface area contributed by atoms with Gasteiger partial charge in [-0.15, -0.1) is 11.8 Å². The number of esters is 1. The van der Waals surface area contributed by atoms with Crippen LogP contribution < -0.4 is 5.32 Å². The number of H-pyrrole nitrogens is 1. The highest BCUT2D eigenvalue weighted by molar-refractivity contribution is 8.00. The molecule has 138 valence electrons. The Morgan fingerprint density at radius 1 is 1.15 bits per heavy atom. The highest BCUT2D eigenvalue weighted by Gasteiger charge is 2.22. The van der Waals surface area contributed by atoms with Crippen molar-refractivity contribution in [2.24, 2.45) is 0 Å². The first-order chi connectivity index (χ1) is 12.3. The number of carbonyl (C=O) groups excluding carboxylic acids is 3. The van der Waals surface area contributed by atoms with Gasteiger partial charge >= 0.3 is 5.97 Å². The molecule has 1 amide bonds. The fourth-order valence-electron chi connectivity index (χ4n) is 2.60. The summed E-state index contributed by atoms with van der Waals surface area (Å²) in [7, 11) is 0. The van der Waals surface area contributed by atoms with Gasteiger partial charge < -0.3 is 15.0 Å². The van der Waals surface area contributed by atoms with Crippen LogP contribution >= 0.6 is 11.8 Å². The molecule has 0 fully saturated rings. The molecule has 1 aromatic heterocycles. The van der Waals surface area contributed by atoms with Gasteiger partial charge in [-0.1, -0.05) is 0 Å². The van der Waals surface area contributed by atoms with Gasteiger partial charge in [0.15, 0.2) is 5.78 Å². The maximum Gasteiger partial charge on any atom is 0.340 e. The van der Waals surface area contributed by atoms with Crippen LogP contribution in [0.25, 0.3) is 0 Å². The van der Waals surface area contributed by atoms with Crippen molar-refractivity contribution in [2.45, 2.75) is 32.6 Å². The van der Waals surface area contributed by atoms with Gasteiger partial charge in [0.2, 0.25) is 5.91 Å². The van der Waals surface area contributed by atoms with Crippen molar-refractivity contribution in [1.29, 1.82) is 0 Å². The molecule has 2 N–H and O–H groups in total. The van der Waals surface area contributed by atoms with Crippen LogP contribution in [0.3, 0.4) is 0 Å². The molecular weight excluding hydrogens is 352 g/mol. The van der Waals surface area contributed by atoms with Gasteiger partial charge in [0.25, 0.3) is 0 Å². The van der Waals surface area contributed by atoms with Crippen molar-refractivity contribution < 1.29 is 19.1 Å². The van der Waals surface area contributed by atoms with E-state index in [2.05, 4.69) is 10.3 Å². The van der Waals surface area contributed by atoms with Gasteiger partial charge in [-0.05, 0) is 50.6 Å². The zero-order chi connectivity index (χ0) is 19.3. The first-order valence-electron chi connectivity index (χ1n) is 8.23. The van der Waals surface area contributed by atoms with Crippen molar-refractivity contribution >= 4 is 35.1 Å². The monoisotopic (exact) mass is 374 g/mol. The third kappa shape index (κ3) is 4.76. The normalized spacial score (nSPS) is 10.5. The molecular formula is C19H22N2O4S. The highest BCUT2D eigenvalue weighted by atomic mass is 32.2. The average Bonchev–Trinajstić information content (AvgIpc) is 2.88. The molecule has 2 aromatic rings. The van der Waals surface area contributed by atoms with E-state index in [1.54, 1.807) is 32.9 Å². The van der Waals surface area contributed by atoms with E-state index in [1.165, 1.54) is 18.7 Å². The predicted octanol–water partition coefficient (Wildman–Crippen LogP) is 3.74. The molecule has 0 spiro atoms. The van der Waals surface area contributed by atoms with Gasteiger partial charge in [0.05, 0.1) is 23.6 Å². The molecule has 0 aliphatic heterocycles. The molecule has 1 heterocycles. The molecule has 6 nitrogen and oxygen atoms in total. The summed E-state index contributed by atoms with van der Waals surface area (Å²) >= 11 is 1.40. The lowest BCUT2D eigenvalue weighted by molar-refractivity contribution is -0.114. The maximum absolute atomic E-state index is 12.5. The second-order valence-electron chi connectivity index (χ2n) is 5.76. The van der Waals surface area contributed by atoms with Gasteiger partial charge in [-0.3, -0.25) is 9.59 Å². The molecule has 0 bridgehead atoms. The Morgan fingerprint density at radius 3 is 2.38 bits per heavy atom. The second-order valence-corrected chi connectivity index (χ2v) is 6.81. The average molecular weight is 374 g/mol. The third-order valence-electron chi connectivity index (χ3n) is 3.74. The van der Waals surface area contributed by atoms with Crippen LogP contribution in [0.4, 0.5) is 5.69 Å². The van der Waals surface area contributed by atoms with E-state index >= 15 is 0 Å². The topological polar surface area (TPSA) is 88.3 Å². The number of carbonyl (C=O) groups is 3. The van der Waals surface area contributed by atoms with E-state index in [9.17, 15) is 14.4 Å². The van der Waals surface area contributed by atoms with Crippen LogP contribution in [0, 0.1) is 13.8 Å². The summed E-state index contributed by atoms with van der Waals surface area (Å²) in [6.45, 7) is 6.98. The minimum atomic E-state index is -0.418. The summed E-state index contributed by atoms with van der Waals surface area (Å²) in [5.74, 6) is -0.394. The Labute approximate surface area is 156 Å². The number of hydrogen-bond acceptors (Lipinski definition) is 5. The number of amides is 1. The number of benzene rings is 1. The maximum atomic E-state index is 12.5. The van der Waals surface area contributed by atoms with Crippen LogP contribution in [0.5, 0.6) is 0 Å². The number of anilines is 1. The first kappa shape index (κ1) is 19.8. The molecule has 0 saturated carbocycles. The lowest BCUT2D eigenvalue weighted by Gasteiger charge is -2.05. The summed E-state index contributed by atoms with van der Waals surface area (Å²) in [4.78, 5) is 39.5. The summed E-state index contributed by atoms with van der Waals surface area (Å²) in [6, 6.07) is 7.27. The lowest BCUT2D eigenvalue weighted by atomic mass is 10.1. The molecule has 26 heavy (non-hydrogen) atoms. The quantitative estimate of drug-likeness (QED) is 0.438. The number of ether oxygens (including phenoxy) is 1. The second kappa shape index (κ2) is 8.71. The lowest BCUT2D eigenvalue weighted by Crippen LogP contribution is -2.08. The largest absolute Gasteiger partial charge is 0.462 e. The summed E-state index contributed by atoms with van der Waals surface area (Å²) < 4.78 is 5.05. The molecule has 0 atom stereocenters. The zero-order valence-electron chi connectivity index (χ0n) is 15.3. The van der Waals surface area contributed by atoms with Crippen molar-refractivity contribution in [3.8, 4) is 0 Å². The van der Waals surface area contributed by atoms with Gasteiger partial charge in [0.1, 0.15) is 0 Å². The fourth-order valence-corrected chi connectivity index (χ4v) is 3.37. The number of nitrogens with one attached hydrogen (secondary N) is 2. The van der Waals surface area contributed by atoms with Crippen molar-refractivity contribution in [1.82, 2.24) is 4.98 Å². The van der Waals surface area contributed by atoms with Crippen LogP contribution in [0.2, 0.25) is 0 Å². The van der Waals surface area contributed by atoms with Crippen LogP contribution in [0.1, 0.15) is 46.0 Å². The van der Waals surface area contributed by atoms with Gasteiger partial charge in [0, 0.05) is 23.2 Å². The van der Waals surface area contributed by atoms with Crippen LogP contribution in [-0.2, 0) is 9.53 Å². The fraction of sp³-hybridized carbons (Fsp3) is 0.316. The molecule has 0 unspecified atom stereocenters. The van der Waals surface area contributed by atoms with E-state index in [4.69, 9.17) is 4.74 Å². The Hall–Kier alpha value is -2.54. The van der Waals surface area contributed by atoms with E-state index in [-0.39, 0.29) is 24.1 Å². The SMILES string of the molecule is CCOC(=O)c1c(C)[nH]c(C(=O)CSc2ccc(NC(C)=O)cc2)c1C. The Bertz CT molecular complexity index is 825. The minimum absolute atomic E-state index is 0.0860. The molecule has 7 heteroatoms. The van der Waals surface area contributed by atoms with E-state index in [1.807, 2.05) is 12.1 Å². The predicted molar refractivity (Wildman–Crippen MR) is 102 cm³/mol. The zero-order valence-corrected chi connectivity index (χ0v) is 16.1. The Kier molecular flexibility index (Phi) is 6.63. The number of aromatic amines is 1. The smallest absolute Gasteiger partial charge is 0.340 e. The van der Waals surface area contributed by atoms with Crippen molar-refractivity contribution in [2.75, 3.05) is 17.7 Å². The first-order valence-corrected chi connectivity index (χ1v) is 9.22. The van der Waals surface area contributed by atoms with E-state index in [0.29, 0.717) is 28.2 Å². The molecule has 0 aliphatic rings. The molecule has 1 aromatic carbocycles. The van der Waals surface area contributed by atoms with Crippen LogP contribution in [-0.4, -0.2) is 35.0 Å². The number of aromatic nitrogens is 1. The highest BCUT2D eigenvalue weighted by Crippen LogP contribution is 2.24. The number of rotatable bonds is 7. The Morgan fingerprint density at radius 2 is 1.81 bits per heavy atom. The number of ketones is 1. The van der Waals surface area contributed by atoms with E-state index < -0.39 is 5.97 Å². The number of hydrogen-bond donors (Lipinski definition) is 2. The third-order valence-corrected chi connectivity index (χ3v) is 4.75. The Balaban J connectivity index is 2.05. The molecule has 0 radical (unpaired) electrons. The minimum Gasteiger partial charge on any atom is -0.462 e. The number of aryl methyl sites for hydroxylation is 1. The van der Waals surface area contributed by atoms with Crippen molar-refractivity contribution in [3.63, 3.8) is 0 Å². The van der Waals surface area contributed by atoms with Crippen LogP contribution in [0.15, 0.2) is 29.2 Å². The number of thioether (sulfide) groups is 1. The summed E-state index contributed by atoms with van der Waals surface area (Å²) in [5, 5.41) is 2.70. The molecule has 2 rings (SSSR count). The molecule has 0 aliphatic carbocycles. The summed E-state index contributed by atoms with van der Waals surface area (Å²) in [5.41, 5.74) is 2.83. The standard InChI is InChI=1S/C19H22N2O4S/c1-5-25-19(24)17-11(2)18(20-12(17)3)16(23)10-26-15-8-6-14(7-9-15)21-13(4)22/h6-9,20H,5,10H2,1-4H3,(H,21,22).